The number of hydrogen-bond acceptors (Lipinski definition) is 4. The Morgan fingerprint density at radius 1 is 1.44 bits per heavy atom. The van der Waals surface area contributed by atoms with Crippen LogP contribution in [0.3, 0.4) is 0 Å². The minimum Gasteiger partial charge on any atom is -0.496 e. The molecule has 1 aromatic carbocycles. The lowest BCUT2D eigenvalue weighted by atomic mass is 10.0. The van der Waals surface area contributed by atoms with Gasteiger partial charge in [0.2, 0.25) is 11.8 Å². The maximum atomic E-state index is 12.6. The highest BCUT2D eigenvalue weighted by atomic mass is 35.5. The van der Waals surface area contributed by atoms with Gasteiger partial charge < -0.3 is 15.4 Å². The monoisotopic (exact) mass is 367 g/mol. The van der Waals surface area contributed by atoms with Crippen LogP contribution >= 0.6 is 12.4 Å². The standard InChI is InChI=1S/C18H25N3O3.ClH/c1-4-11-20-17(22)14-9-7-12-21(14)16(18(23)19-2)13-8-5-6-10-15(13)24-3;/h4-6,8,10,14,16H,1,7,9,11-12H2,2-3H3,(H,19,23)(H,20,22);1H/t14-,16+;/m0./s1. The molecule has 2 amide bonds. The molecule has 1 aliphatic rings. The fourth-order valence-corrected chi connectivity index (χ4v) is 3.17. The summed E-state index contributed by atoms with van der Waals surface area (Å²) in [5, 5.41) is 5.54. The molecule has 0 aromatic heterocycles. The van der Waals surface area contributed by atoms with Crippen molar-refractivity contribution in [3.63, 3.8) is 0 Å². The molecule has 0 spiro atoms. The molecule has 6 nitrogen and oxygen atoms in total. The topological polar surface area (TPSA) is 70.7 Å². The van der Waals surface area contributed by atoms with E-state index in [1.807, 2.05) is 29.2 Å². The van der Waals surface area contributed by atoms with Crippen molar-refractivity contribution in [1.29, 1.82) is 0 Å². The summed E-state index contributed by atoms with van der Waals surface area (Å²) in [6.07, 6.45) is 3.24. The third-order valence-electron chi connectivity index (χ3n) is 4.28. The van der Waals surface area contributed by atoms with Crippen LogP contribution in [0.5, 0.6) is 5.75 Å². The van der Waals surface area contributed by atoms with E-state index in [9.17, 15) is 9.59 Å². The average Bonchev–Trinajstić information content (AvgIpc) is 3.09. The molecule has 2 atom stereocenters. The second kappa shape index (κ2) is 10.1. The van der Waals surface area contributed by atoms with Crippen LogP contribution in [0.4, 0.5) is 0 Å². The Labute approximate surface area is 155 Å². The van der Waals surface area contributed by atoms with E-state index in [1.165, 1.54) is 0 Å². The second-order valence-electron chi connectivity index (χ2n) is 5.69. The van der Waals surface area contributed by atoms with Gasteiger partial charge in [0.15, 0.2) is 0 Å². The van der Waals surface area contributed by atoms with Gasteiger partial charge in [-0.3, -0.25) is 14.5 Å². The van der Waals surface area contributed by atoms with Crippen LogP contribution in [-0.2, 0) is 9.59 Å². The predicted octanol–water partition coefficient (Wildman–Crippen LogP) is 1.67. The number of nitrogens with zero attached hydrogens (tertiary/aromatic N) is 1. The lowest BCUT2D eigenvalue weighted by molar-refractivity contribution is -0.131. The number of carbonyl (C=O) groups excluding carboxylic acids is 2. The number of rotatable bonds is 7. The van der Waals surface area contributed by atoms with Gasteiger partial charge in [-0.1, -0.05) is 24.3 Å². The zero-order valence-corrected chi connectivity index (χ0v) is 15.5. The number of nitrogens with one attached hydrogen (secondary N) is 2. The number of halogens is 1. The average molecular weight is 368 g/mol. The van der Waals surface area contributed by atoms with Gasteiger partial charge in [-0.05, 0) is 18.9 Å². The van der Waals surface area contributed by atoms with Crippen molar-refractivity contribution >= 4 is 24.2 Å². The maximum Gasteiger partial charge on any atom is 0.241 e. The van der Waals surface area contributed by atoms with E-state index in [4.69, 9.17) is 4.74 Å². The highest BCUT2D eigenvalue weighted by molar-refractivity contribution is 5.87. The van der Waals surface area contributed by atoms with E-state index in [-0.39, 0.29) is 30.3 Å². The van der Waals surface area contributed by atoms with E-state index in [1.54, 1.807) is 20.2 Å². The van der Waals surface area contributed by atoms with Gasteiger partial charge in [0.25, 0.3) is 0 Å². The zero-order valence-electron chi connectivity index (χ0n) is 14.7. The Hall–Kier alpha value is -2.05. The highest BCUT2D eigenvalue weighted by Gasteiger charge is 2.39. The quantitative estimate of drug-likeness (QED) is 0.719. The van der Waals surface area contributed by atoms with Gasteiger partial charge in [0.1, 0.15) is 11.8 Å². The Morgan fingerprint density at radius 2 is 2.16 bits per heavy atom. The molecule has 25 heavy (non-hydrogen) atoms. The van der Waals surface area contributed by atoms with Crippen molar-refractivity contribution in [3.8, 4) is 5.75 Å². The first-order valence-electron chi connectivity index (χ1n) is 8.12. The van der Waals surface area contributed by atoms with Gasteiger partial charge in [-0.15, -0.1) is 19.0 Å². The summed E-state index contributed by atoms with van der Waals surface area (Å²) in [4.78, 5) is 27.0. The molecular weight excluding hydrogens is 342 g/mol. The first-order chi connectivity index (χ1) is 11.6. The Morgan fingerprint density at radius 3 is 2.80 bits per heavy atom. The number of methoxy groups -OCH3 is 1. The lowest BCUT2D eigenvalue weighted by Gasteiger charge is -2.32. The SMILES string of the molecule is C=CCNC(=O)[C@@H]1CCCN1[C@@H](C(=O)NC)c1ccccc1OC.Cl. The van der Waals surface area contributed by atoms with Crippen molar-refractivity contribution in [1.82, 2.24) is 15.5 Å². The Kier molecular flexibility index (Phi) is 8.45. The Balaban J connectivity index is 0.00000312. The van der Waals surface area contributed by atoms with Crippen molar-refractivity contribution in [2.24, 2.45) is 0 Å². The van der Waals surface area contributed by atoms with Crippen LogP contribution in [0.25, 0.3) is 0 Å². The van der Waals surface area contributed by atoms with Crippen LogP contribution in [0, 0.1) is 0 Å². The number of benzene rings is 1. The molecule has 0 unspecified atom stereocenters. The molecule has 1 aliphatic heterocycles. The summed E-state index contributed by atoms with van der Waals surface area (Å²) < 4.78 is 5.42. The van der Waals surface area contributed by atoms with E-state index >= 15 is 0 Å². The minimum absolute atomic E-state index is 0. The van der Waals surface area contributed by atoms with Gasteiger partial charge in [-0.2, -0.15) is 0 Å². The molecule has 1 heterocycles. The van der Waals surface area contributed by atoms with E-state index < -0.39 is 6.04 Å². The summed E-state index contributed by atoms with van der Waals surface area (Å²) >= 11 is 0. The number of hydrogen-bond donors (Lipinski definition) is 2. The molecule has 1 fully saturated rings. The number of likely N-dealkylation sites (tertiary alicyclic amines) is 1. The number of amides is 2. The van der Waals surface area contributed by atoms with Crippen LogP contribution in [0.2, 0.25) is 0 Å². The van der Waals surface area contributed by atoms with Gasteiger partial charge in [0, 0.05) is 25.7 Å². The zero-order chi connectivity index (χ0) is 17.5. The molecule has 2 N–H and O–H groups in total. The molecule has 0 aliphatic carbocycles. The van der Waals surface area contributed by atoms with Crippen molar-refractivity contribution in [2.45, 2.75) is 24.9 Å². The largest absolute Gasteiger partial charge is 0.496 e. The van der Waals surface area contributed by atoms with Crippen LogP contribution in [-0.4, -0.2) is 50.0 Å². The minimum atomic E-state index is -0.562. The normalized spacial score (nSPS) is 17.9. The molecule has 0 bridgehead atoms. The lowest BCUT2D eigenvalue weighted by Crippen LogP contribution is -2.48. The summed E-state index contributed by atoms with van der Waals surface area (Å²) in [5.41, 5.74) is 0.766. The van der Waals surface area contributed by atoms with Crippen molar-refractivity contribution < 1.29 is 14.3 Å². The predicted molar refractivity (Wildman–Crippen MR) is 100.0 cm³/mol. The maximum absolute atomic E-state index is 12.6. The van der Waals surface area contributed by atoms with Crippen LogP contribution in [0.1, 0.15) is 24.4 Å². The number of likely N-dealkylation sites (N-methyl/N-ethyl adjacent to an activating group) is 1. The summed E-state index contributed by atoms with van der Waals surface area (Å²) in [5.74, 6) is 0.419. The van der Waals surface area contributed by atoms with Gasteiger partial charge in [0.05, 0.1) is 13.2 Å². The molecule has 1 saturated heterocycles. The summed E-state index contributed by atoms with van der Waals surface area (Å²) in [6, 6.07) is 6.53. The molecule has 2 rings (SSSR count). The molecule has 7 heteroatoms. The van der Waals surface area contributed by atoms with Crippen molar-refractivity contribution in [2.75, 3.05) is 27.2 Å². The van der Waals surface area contributed by atoms with Gasteiger partial charge >= 0.3 is 0 Å². The molecule has 0 radical (unpaired) electrons. The summed E-state index contributed by atoms with van der Waals surface area (Å²) in [7, 11) is 3.19. The highest BCUT2D eigenvalue weighted by Crippen LogP contribution is 2.34. The fraction of sp³-hybridized carbons (Fsp3) is 0.444. The van der Waals surface area contributed by atoms with E-state index in [2.05, 4.69) is 17.2 Å². The number of ether oxygens (including phenoxy) is 1. The number of carbonyl (C=O) groups is 2. The van der Waals surface area contributed by atoms with Crippen molar-refractivity contribution in [3.05, 3.63) is 42.5 Å². The van der Waals surface area contributed by atoms with E-state index in [0.29, 0.717) is 18.8 Å². The van der Waals surface area contributed by atoms with Gasteiger partial charge in [-0.25, -0.2) is 0 Å². The van der Waals surface area contributed by atoms with E-state index in [0.717, 1.165) is 18.4 Å². The molecule has 138 valence electrons. The molecule has 0 saturated carbocycles. The third-order valence-corrected chi connectivity index (χ3v) is 4.28. The second-order valence-corrected chi connectivity index (χ2v) is 5.69. The summed E-state index contributed by atoms with van der Waals surface area (Å²) in [6.45, 7) is 4.72. The Bertz CT molecular complexity index is 609. The smallest absolute Gasteiger partial charge is 0.241 e. The fourth-order valence-electron chi connectivity index (χ4n) is 3.17. The van der Waals surface area contributed by atoms with Crippen LogP contribution in [0.15, 0.2) is 36.9 Å². The number of para-hydroxylation sites is 1. The molecular formula is C18H26ClN3O3. The first kappa shape index (κ1) is 21.0. The van der Waals surface area contributed by atoms with Crippen LogP contribution < -0.4 is 15.4 Å². The third kappa shape index (κ3) is 4.74. The molecule has 1 aromatic rings. The first-order valence-corrected chi connectivity index (χ1v) is 8.12.